The van der Waals surface area contributed by atoms with Gasteiger partial charge >= 0.3 is 0 Å². The lowest BCUT2D eigenvalue weighted by atomic mass is 9.53. The van der Waals surface area contributed by atoms with Crippen LogP contribution < -0.4 is 5.32 Å². The van der Waals surface area contributed by atoms with E-state index >= 15 is 0 Å². The van der Waals surface area contributed by atoms with E-state index in [9.17, 15) is 0 Å². The quantitative estimate of drug-likeness (QED) is 0.886. The maximum Gasteiger partial charge on any atom is 0.0965 e. The Morgan fingerprint density at radius 2 is 1.83 bits per heavy atom. The minimum atomic E-state index is 0.279. The van der Waals surface area contributed by atoms with Crippen LogP contribution in [0.2, 0.25) is 0 Å². The summed E-state index contributed by atoms with van der Waals surface area (Å²) in [5, 5.41) is 12.5. The molecule has 0 saturated heterocycles. The summed E-state index contributed by atoms with van der Waals surface area (Å²) in [6.45, 7) is 0.826. The minimum absolute atomic E-state index is 0.279. The van der Waals surface area contributed by atoms with Crippen molar-refractivity contribution in [3.05, 3.63) is 11.9 Å². The molecule has 98 valence electrons. The van der Waals surface area contributed by atoms with Crippen LogP contribution >= 0.6 is 0 Å². The molecule has 5 rings (SSSR count). The van der Waals surface area contributed by atoms with Gasteiger partial charge in [0.15, 0.2) is 0 Å². The van der Waals surface area contributed by atoms with E-state index < -0.39 is 0 Å². The molecule has 0 aromatic carbocycles. The summed E-state index contributed by atoms with van der Waals surface area (Å²) >= 11 is 0. The molecule has 4 saturated carbocycles. The van der Waals surface area contributed by atoms with Gasteiger partial charge in [0.25, 0.3) is 0 Å². The van der Waals surface area contributed by atoms with E-state index in [0.717, 1.165) is 30.0 Å². The van der Waals surface area contributed by atoms with Gasteiger partial charge in [-0.1, -0.05) is 0 Å². The van der Waals surface area contributed by atoms with Crippen LogP contribution in [-0.4, -0.2) is 22.0 Å². The van der Waals surface area contributed by atoms with Gasteiger partial charge in [-0.25, -0.2) is 0 Å². The molecule has 1 aromatic rings. The van der Waals surface area contributed by atoms with Gasteiger partial charge in [0.05, 0.1) is 17.4 Å². The fourth-order valence-corrected chi connectivity index (χ4v) is 5.10. The van der Waals surface area contributed by atoms with Crippen molar-refractivity contribution >= 4 is 0 Å². The Morgan fingerprint density at radius 3 is 2.39 bits per heavy atom. The molecule has 18 heavy (non-hydrogen) atoms. The highest BCUT2D eigenvalue weighted by molar-refractivity contribution is 5.04. The molecule has 0 atom stereocenters. The van der Waals surface area contributed by atoms with Gasteiger partial charge in [0.1, 0.15) is 0 Å². The Morgan fingerprint density at radius 1 is 1.22 bits per heavy atom. The van der Waals surface area contributed by atoms with Gasteiger partial charge in [-0.3, -0.25) is 0 Å². The topological polar surface area (TPSA) is 42.7 Å². The van der Waals surface area contributed by atoms with Crippen LogP contribution in [-0.2, 0) is 12.1 Å². The SMILES string of the molecule is CNCc1cnn(C23CC4CC(CC(C4)C2)C3)n1. The van der Waals surface area contributed by atoms with Gasteiger partial charge in [-0.2, -0.15) is 15.0 Å². The summed E-state index contributed by atoms with van der Waals surface area (Å²) in [6.07, 6.45) is 10.3. The zero-order chi connectivity index (χ0) is 12.2. The molecule has 4 nitrogen and oxygen atoms in total. The molecule has 4 fully saturated rings. The average Bonchev–Trinajstić information content (AvgIpc) is 2.77. The normalized spacial score (nSPS) is 41.5. The van der Waals surface area contributed by atoms with Gasteiger partial charge in [0, 0.05) is 6.54 Å². The van der Waals surface area contributed by atoms with Gasteiger partial charge in [0.2, 0.25) is 0 Å². The lowest BCUT2D eigenvalue weighted by Gasteiger charge is -2.55. The number of hydrogen-bond acceptors (Lipinski definition) is 3. The zero-order valence-electron chi connectivity index (χ0n) is 11.1. The summed E-state index contributed by atoms with van der Waals surface area (Å²) in [6, 6.07) is 0. The molecule has 1 N–H and O–H groups in total. The molecule has 0 spiro atoms. The Bertz CT molecular complexity index is 415. The van der Waals surface area contributed by atoms with Crippen molar-refractivity contribution in [3.63, 3.8) is 0 Å². The standard InChI is InChI=1S/C14H22N4/c1-15-8-13-9-16-18(17-13)14-5-10-2-11(6-14)4-12(3-10)7-14/h9-12,15H,2-8H2,1H3. The van der Waals surface area contributed by atoms with E-state index in [2.05, 4.69) is 15.2 Å². The number of rotatable bonds is 3. The highest BCUT2D eigenvalue weighted by Crippen LogP contribution is 2.58. The maximum atomic E-state index is 4.73. The fraction of sp³-hybridized carbons (Fsp3) is 0.857. The molecule has 1 aromatic heterocycles. The number of nitrogens with zero attached hydrogens (tertiary/aromatic N) is 3. The minimum Gasteiger partial charge on any atom is -0.314 e. The molecule has 0 radical (unpaired) electrons. The van der Waals surface area contributed by atoms with Crippen molar-refractivity contribution < 1.29 is 0 Å². The molecule has 1 heterocycles. The third-order valence-electron chi connectivity index (χ3n) is 5.33. The van der Waals surface area contributed by atoms with Crippen LogP contribution in [0.5, 0.6) is 0 Å². The molecular formula is C14H22N4. The fourth-order valence-electron chi connectivity index (χ4n) is 5.10. The monoisotopic (exact) mass is 246 g/mol. The molecule has 4 aliphatic carbocycles. The van der Waals surface area contributed by atoms with Crippen LogP contribution in [0.25, 0.3) is 0 Å². The van der Waals surface area contributed by atoms with Crippen molar-refractivity contribution in [2.24, 2.45) is 17.8 Å². The maximum absolute atomic E-state index is 4.73. The molecule has 0 amide bonds. The molecule has 0 aliphatic heterocycles. The van der Waals surface area contributed by atoms with E-state index in [4.69, 9.17) is 5.10 Å². The lowest BCUT2D eigenvalue weighted by molar-refractivity contribution is -0.0568. The number of hydrogen-bond donors (Lipinski definition) is 1. The Balaban J connectivity index is 1.66. The third kappa shape index (κ3) is 1.54. The second kappa shape index (κ2) is 3.80. The Kier molecular flexibility index (Phi) is 2.31. The first-order chi connectivity index (χ1) is 8.77. The van der Waals surface area contributed by atoms with E-state index in [1.165, 1.54) is 38.5 Å². The molecule has 0 unspecified atom stereocenters. The highest BCUT2D eigenvalue weighted by atomic mass is 15.5. The third-order valence-corrected chi connectivity index (χ3v) is 5.33. The first-order valence-corrected chi connectivity index (χ1v) is 7.34. The first kappa shape index (κ1) is 11.0. The van der Waals surface area contributed by atoms with Crippen molar-refractivity contribution in [2.45, 2.75) is 50.6 Å². The van der Waals surface area contributed by atoms with Crippen molar-refractivity contribution in [3.8, 4) is 0 Å². The predicted molar refractivity (Wildman–Crippen MR) is 68.9 cm³/mol. The second-order valence-corrected chi connectivity index (χ2v) is 6.80. The highest BCUT2D eigenvalue weighted by Gasteiger charge is 2.53. The van der Waals surface area contributed by atoms with Crippen LogP contribution in [0.4, 0.5) is 0 Å². The zero-order valence-corrected chi connectivity index (χ0v) is 11.1. The van der Waals surface area contributed by atoms with E-state index in [1.54, 1.807) is 0 Å². The summed E-state index contributed by atoms with van der Waals surface area (Å²) in [4.78, 5) is 2.09. The van der Waals surface area contributed by atoms with E-state index in [0.29, 0.717) is 0 Å². The van der Waals surface area contributed by atoms with Crippen LogP contribution in [0.15, 0.2) is 6.20 Å². The van der Waals surface area contributed by atoms with Gasteiger partial charge in [-0.15, -0.1) is 0 Å². The predicted octanol–water partition coefficient (Wildman–Crippen LogP) is 1.92. The lowest BCUT2D eigenvalue weighted by Crippen LogP contribution is -2.52. The summed E-state index contributed by atoms with van der Waals surface area (Å²) < 4.78 is 0. The number of nitrogens with one attached hydrogen (secondary N) is 1. The van der Waals surface area contributed by atoms with Gasteiger partial charge < -0.3 is 5.32 Å². The van der Waals surface area contributed by atoms with Crippen LogP contribution in [0, 0.1) is 17.8 Å². The average molecular weight is 246 g/mol. The Hall–Kier alpha value is -0.900. The summed E-state index contributed by atoms with van der Waals surface area (Å²) in [5.74, 6) is 2.86. The second-order valence-electron chi connectivity index (χ2n) is 6.80. The van der Waals surface area contributed by atoms with E-state index in [-0.39, 0.29) is 5.54 Å². The van der Waals surface area contributed by atoms with Crippen molar-refractivity contribution in [1.29, 1.82) is 0 Å². The van der Waals surface area contributed by atoms with Gasteiger partial charge in [-0.05, 0) is 63.3 Å². The molecule has 4 bridgehead atoms. The van der Waals surface area contributed by atoms with Crippen molar-refractivity contribution in [2.75, 3.05) is 7.05 Å². The van der Waals surface area contributed by atoms with Crippen LogP contribution in [0.1, 0.15) is 44.2 Å². The molecule has 4 aliphatic rings. The van der Waals surface area contributed by atoms with Crippen molar-refractivity contribution in [1.82, 2.24) is 20.3 Å². The summed E-state index contributed by atoms with van der Waals surface area (Å²) in [7, 11) is 1.96. The largest absolute Gasteiger partial charge is 0.314 e. The Labute approximate surface area is 108 Å². The van der Waals surface area contributed by atoms with E-state index in [1.807, 2.05) is 13.2 Å². The molecular weight excluding hydrogens is 224 g/mol. The van der Waals surface area contributed by atoms with Crippen LogP contribution in [0.3, 0.4) is 0 Å². The first-order valence-electron chi connectivity index (χ1n) is 7.34. The summed E-state index contributed by atoms with van der Waals surface area (Å²) in [5.41, 5.74) is 1.36. The smallest absolute Gasteiger partial charge is 0.0965 e. The molecule has 4 heteroatoms. The number of aromatic nitrogens is 3.